The highest BCUT2D eigenvalue weighted by Crippen LogP contribution is 2.39. The molecule has 2 aromatic carbocycles. The Kier molecular flexibility index (Phi) is 9.23. The van der Waals surface area contributed by atoms with Gasteiger partial charge >= 0.3 is 23.9 Å². The van der Waals surface area contributed by atoms with Gasteiger partial charge in [0.25, 0.3) is 0 Å². The van der Waals surface area contributed by atoms with Crippen molar-refractivity contribution in [3.05, 3.63) is 88.7 Å². The van der Waals surface area contributed by atoms with Gasteiger partial charge in [-0.3, -0.25) is 5.10 Å². The van der Waals surface area contributed by atoms with Crippen LogP contribution in [0.4, 0.5) is 4.39 Å². The van der Waals surface area contributed by atoms with Crippen molar-refractivity contribution in [2.45, 2.75) is 38.3 Å². The molecule has 0 spiro atoms. The summed E-state index contributed by atoms with van der Waals surface area (Å²) in [5, 5.41) is 6.46. The van der Waals surface area contributed by atoms with E-state index in [0.29, 0.717) is 0 Å². The lowest BCUT2D eigenvalue weighted by Crippen LogP contribution is -2.34. The number of alkyl halides is 1. The molecule has 210 valence electrons. The fourth-order valence-electron chi connectivity index (χ4n) is 4.10. The van der Waals surface area contributed by atoms with Gasteiger partial charge in [-0.15, -0.1) is 0 Å². The summed E-state index contributed by atoms with van der Waals surface area (Å²) in [6.07, 6.45) is -6.50. The van der Waals surface area contributed by atoms with Crippen LogP contribution in [0, 0.1) is 0 Å². The minimum atomic E-state index is -2.00. The molecule has 11 nitrogen and oxygen atoms in total. The van der Waals surface area contributed by atoms with Gasteiger partial charge in [-0.05, 0) is 38.1 Å². The van der Waals surface area contributed by atoms with E-state index in [-0.39, 0.29) is 41.3 Å². The Hall–Kier alpha value is -4.58. The van der Waals surface area contributed by atoms with Gasteiger partial charge in [-0.1, -0.05) is 36.4 Å². The zero-order chi connectivity index (χ0) is 28.6. The largest absolute Gasteiger partial charge is 0.462 e. The molecule has 1 N–H and O–H groups in total. The lowest BCUT2D eigenvalue weighted by Gasteiger charge is -2.19. The lowest BCUT2D eigenvalue weighted by molar-refractivity contribution is -0.0316. The van der Waals surface area contributed by atoms with Crippen molar-refractivity contribution in [1.29, 1.82) is 0 Å². The molecule has 0 radical (unpaired) electrons. The van der Waals surface area contributed by atoms with Crippen LogP contribution in [0.5, 0.6) is 0 Å². The van der Waals surface area contributed by atoms with Crippen molar-refractivity contribution >= 4 is 23.9 Å². The maximum absolute atomic E-state index is 15.8. The molecule has 40 heavy (non-hydrogen) atoms. The molecule has 4 rings (SSSR count). The molecule has 0 unspecified atom stereocenters. The topological polar surface area (TPSA) is 143 Å². The normalized spacial score (nSPS) is 20.0. The highest BCUT2D eigenvalue weighted by Gasteiger charge is 2.51. The van der Waals surface area contributed by atoms with Crippen LogP contribution in [0.15, 0.2) is 60.7 Å². The van der Waals surface area contributed by atoms with Crippen LogP contribution < -0.4 is 0 Å². The summed E-state index contributed by atoms with van der Waals surface area (Å²) < 4.78 is 42.5. The van der Waals surface area contributed by atoms with Crippen LogP contribution in [0.1, 0.15) is 67.2 Å². The average Bonchev–Trinajstić information content (AvgIpc) is 3.54. The zero-order valence-corrected chi connectivity index (χ0v) is 21.7. The summed E-state index contributed by atoms with van der Waals surface area (Å²) in [6, 6.07) is 15.9. The smallest absolute Gasteiger partial charge is 0.357 e. The number of H-pyrrole nitrogens is 1. The van der Waals surface area contributed by atoms with Gasteiger partial charge in [0.15, 0.2) is 18.0 Å². The number of aromatic amines is 1. The molecule has 1 aromatic heterocycles. The number of benzene rings is 2. The first kappa shape index (κ1) is 28.4. The van der Waals surface area contributed by atoms with Crippen LogP contribution in [0.2, 0.25) is 0 Å². The molecule has 0 amide bonds. The van der Waals surface area contributed by atoms with Gasteiger partial charge in [0.1, 0.15) is 30.1 Å². The van der Waals surface area contributed by atoms with Crippen molar-refractivity contribution in [1.82, 2.24) is 10.2 Å². The molecule has 4 atom stereocenters. The first-order valence-corrected chi connectivity index (χ1v) is 12.6. The Morgan fingerprint density at radius 2 is 1.40 bits per heavy atom. The van der Waals surface area contributed by atoms with E-state index < -0.39 is 55.0 Å². The van der Waals surface area contributed by atoms with Crippen molar-refractivity contribution in [2.24, 2.45) is 0 Å². The van der Waals surface area contributed by atoms with Gasteiger partial charge in [0.2, 0.25) is 0 Å². The number of rotatable bonds is 10. The number of hydrogen-bond acceptors (Lipinski definition) is 10. The Morgan fingerprint density at radius 3 is 2.00 bits per heavy atom. The Labute approximate surface area is 228 Å². The van der Waals surface area contributed by atoms with Crippen LogP contribution in [-0.2, 0) is 23.7 Å². The number of carbonyl (C=O) groups excluding carboxylic acids is 4. The molecule has 1 saturated heterocycles. The van der Waals surface area contributed by atoms with Crippen molar-refractivity contribution in [2.75, 3.05) is 19.8 Å². The first-order chi connectivity index (χ1) is 19.3. The molecular weight excluding hydrogens is 527 g/mol. The molecule has 0 aliphatic carbocycles. The van der Waals surface area contributed by atoms with Gasteiger partial charge in [-0.2, -0.15) is 5.10 Å². The second-order valence-corrected chi connectivity index (χ2v) is 8.54. The second kappa shape index (κ2) is 13.0. The number of hydrogen-bond donors (Lipinski definition) is 1. The first-order valence-electron chi connectivity index (χ1n) is 12.6. The molecule has 2 heterocycles. The molecular formula is C28H27FN2O9. The number of aromatic nitrogens is 2. The van der Waals surface area contributed by atoms with Gasteiger partial charge < -0.3 is 23.7 Å². The van der Waals surface area contributed by atoms with Gasteiger partial charge in [0, 0.05) is 0 Å². The highest BCUT2D eigenvalue weighted by molar-refractivity contribution is 6.02. The molecule has 0 bridgehead atoms. The van der Waals surface area contributed by atoms with Crippen molar-refractivity contribution in [3.63, 3.8) is 0 Å². The van der Waals surface area contributed by atoms with Crippen LogP contribution in [-0.4, -0.2) is 72.3 Å². The molecule has 1 aliphatic heterocycles. The fraction of sp³-hybridized carbons (Fsp3) is 0.321. The standard InChI is InChI=1S/C28H27FN2O9/c1-3-36-27(34)19-21(30-31-22(19)28(35)37-4-2)24-23(40-26(33)17-13-9-6-10-14-17)20(29)18(39-24)15-38-25(32)16-11-7-5-8-12-16/h5-14,18,20,23-24H,3-4,15H2,1-2H3,(H,30,31)/t18-,20-,23-,24+/m1/s1. The monoisotopic (exact) mass is 554 g/mol. The molecule has 1 fully saturated rings. The van der Waals surface area contributed by atoms with Crippen LogP contribution in [0.3, 0.4) is 0 Å². The Morgan fingerprint density at radius 1 is 0.825 bits per heavy atom. The van der Waals surface area contributed by atoms with E-state index in [9.17, 15) is 19.2 Å². The van der Waals surface area contributed by atoms with Crippen LogP contribution >= 0.6 is 0 Å². The predicted molar refractivity (Wildman–Crippen MR) is 135 cm³/mol. The van der Waals surface area contributed by atoms with Gasteiger partial charge in [-0.25, -0.2) is 23.6 Å². The lowest BCUT2D eigenvalue weighted by atomic mass is 10.0. The maximum Gasteiger partial charge on any atom is 0.357 e. The third-order valence-corrected chi connectivity index (χ3v) is 5.95. The van der Waals surface area contributed by atoms with E-state index >= 15 is 4.39 Å². The maximum atomic E-state index is 15.8. The summed E-state index contributed by atoms with van der Waals surface area (Å²) >= 11 is 0. The minimum Gasteiger partial charge on any atom is -0.462 e. The molecule has 0 saturated carbocycles. The SMILES string of the molecule is CCOC(=O)c1[nH]nc([C@@H]2O[C@H](COC(=O)c3ccccc3)[C@@H](F)[C@H]2OC(=O)c2ccccc2)c1C(=O)OCC. The quantitative estimate of drug-likeness (QED) is 0.292. The zero-order valence-electron chi connectivity index (χ0n) is 21.7. The number of ether oxygens (including phenoxy) is 5. The molecule has 3 aromatic rings. The fourth-order valence-corrected chi connectivity index (χ4v) is 4.10. The predicted octanol–water partition coefficient (Wildman–Crippen LogP) is 3.62. The van der Waals surface area contributed by atoms with Crippen LogP contribution in [0.25, 0.3) is 0 Å². The Bertz CT molecular complexity index is 1350. The summed E-state index contributed by atoms with van der Waals surface area (Å²) in [6.45, 7) is 2.58. The molecule has 12 heteroatoms. The summed E-state index contributed by atoms with van der Waals surface area (Å²) in [4.78, 5) is 50.7. The Balaban J connectivity index is 1.66. The summed E-state index contributed by atoms with van der Waals surface area (Å²) in [5.41, 5.74) is -0.517. The van der Waals surface area contributed by atoms with Gasteiger partial charge in [0.05, 0.1) is 24.3 Å². The number of esters is 4. The minimum absolute atomic E-state index is 0.00804. The number of carbonyl (C=O) groups is 4. The molecule has 1 aliphatic rings. The van der Waals surface area contributed by atoms with E-state index in [1.165, 1.54) is 24.3 Å². The van der Waals surface area contributed by atoms with E-state index in [0.717, 1.165) is 0 Å². The third kappa shape index (κ3) is 6.18. The second-order valence-electron chi connectivity index (χ2n) is 8.54. The highest BCUT2D eigenvalue weighted by atomic mass is 19.1. The third-order valence-electron chi connectivity index (χ3n) is 5.95. The summed E-state index contributed by atoms with van der Waals surface area (Å²) in [5.74, 6) is -3.41. The van der Waals surface area contributed by atoms with E-state index in [1.54, 1.807) is 50.2 Å². The van der Waals surface area contributed by atoms with Crippen molar-refractivity contribution in [3.8, 4) is 0 Å². The number of nitrogens with zero attached hydrogens (tertiary/aromatic N) is 1. The summed E-state index contributed by atoms with van der Waals surface area (Å²) in [7, 11) is 0. The van der Waals surface area contributed by atoms with E-state index in [1.807, 2.05) is 0 Å². The van der Waals surface area contributed by atoms with Crippen molar-refractivity contribution < 1.29 is 47.3 Å². The average molecular weight is 555 g/mol. The number of nitrogens with one attached hydrogen (secondary N) is 1. The van der Waals surface area contributed by atoms with E-state index in [4.69, 9.17) is 23.7 Å². The number of halogens is 1. The van der Waals surface area contributed by atoms with E-state index in [2.05, 4.69) is 10.2 Å².